The number of carbonyl (C=O) groups is 1. The summed E-state index contributed by atoms with van der Waals surface area (Å²) in [4.78, 5) is 13.2. The van der Waals surface area contributed by atoms with E-state index in [1.54, 1.807) is 11.2 Å². The van der Waals surface area contributed by atoms with Gasteiger partial charge in [0.2, 0.25) is 5.12 Å². The third-order valence-corrected chi connectivity index (χ3v) is 16.5. The summed E-state index contributed by atoms with van der Waals surface area (Å²) in [6.45, 7) is 6.88. The van der Waals surface area contributed by atoms with Crippen LogP contribution >= 0.6 is 11.2 Å². The van der Waals surface area contributed by atoms with E-state index in [4.69, 9.17) is 14.2 Å². The number of para-hydroxylation sites is 1. The summed E-state index contributed by atoms with van der Waals surface area (Å²) in [6, 6.07) is 12.0. The first-order chi connectivity index (χ1) is 19.1. The van der Waals surface area contributed by atoms with E-state index in [-0.39, 0.29) is 17.8 Å². The largest absolute Gasteiger partial charge is 0.485 e. The Hall–Kier alpha value is -0.863. The molecule has 2 unspecified atom stereocenters. The first kappa shape index (κ1) is 34.3. The van der Waals surface area contributed by atoms with Crippen molar-refractivity contribution in [3.63, 3.8) is 0 Å². The quantitative estimate of drug-likeness (QED) is 0.0823. The number of rotatable bonds is 21. The zero-order valence-electron chi connectivity index (χ0n) is 25.3. The summed E-state index contributed by atoms with van der Waals surface area (Å²) in [5.41, 5.74) is 0. The summed E-state index contributed by atoms with van der Waals surface area (Å²) in [7, 11) is 0.268. The Bertz CT molecular complexity index is 740. The fourth-order valence-electron chi connectivity index (χ4n) is 5.41. The van der Waals surface area contributed by atoms with Gasteiger partial charge in [-0.25, -0.2) is 0 Å². The number of hydrogen-bond donors (Lipinski definition) is 0. The zero-order chi connectivity index (χ0) is 28.0. The molecule has 1 aliphatic rings. The zero-order valence-corrected chi connectivity index (χ0v) is 27.1. The van der Waals surface area contributed by atoms with Crippen LogP contribution in [-0.2, 0) is 14.3 Å². The molecular formula is C32H57NO4SSi. The highest BCUT2D eigenvalue weighted by molar-refractivity contribution is 8.39. The first-order valence-electron chi connectivity index (χ1n) is 15.9. The molecule has 0 radical (unpaired) electrons. The predicted molar refractivity (Wildman–Crippen MR) is 169 cm³/mol. The van der Waals surface area contributed by atoms with Crippen molar-refractivity contribution < 1.29 is 19.0 Å². The first-order valence-corrected chi connectivity index (χ1v) is 19.8. The van der Waals surface area contributed by atoms with E-state index in [2.05, 4.69) is 25.5 Å². The van der Waals surface area contributed by atoms with E-state index in [0.717, 1.165) is 50.6 Å². The molecule has 0 N–H and O–H groups in total. The summed E-state index contributed by atoms with van der Waals surface area (Å²) >= 11 is 1.65. The summed E-state index contributed by atoms with van der Waals surface area (Å²) in [5, 5.41) is 0.179. The number of carbonyl (C=O) groups excluding carboxylic acids is 1. The normalized spacial score (nSPS) is 20.4. The number of nitrogens with zero attached hydrogens (tertiary/aromatic N) is 1. The van der Waals surface area contributed by atoms with Crippen LogP contribution in [0, 0.1) is 0 Å². The van der Waals surface area contributed by atoms with Crippen LogP contribution in [0.4, 0.5) is 0 Å². The fourth-order valence-corrected chi connectivity index (χ4v) is 13.1. The topological polar surface area (TPSA) is 48.0 Å². The Morgan fingerprint density at radius 2 is 1.59 bits per heavy atom. The highest BCUT2D eigenvalue weighted by Gasteiger charge is 2.41. The van der Waals surface area contributed by atoms with Gasteiger partial charge in [-0.1, -0.05) is 120 Å². The Balaban J connectivity index is 1.78. The lowest BCUT2D eigenvalue weighted by molar-refractivity contribution is -0.112. The molecule has 0 spiro atoms. The molecule has 1 aromatic carbocycles. The van der Waals surface area contributed by atoms with E-state index in [1.165, 1.54) is 76.7 Å². The van der Waals surface area contributed by atoms with Crippen molar-refractivity contribution in [3.8, 4) is 5.75 Å². The van der Waals surface area contributed by atoms with E-state index in [1.807, 2.05) is 30.3 Å². The minimum absolute atomic E-state index is 0.148. The van der Waals surface area contributed by atoms with Gasteiger partial charge in [-0.2, -0.15) is 0 Å². The van der Waals surface area contributed by atoms with E-state index in [0.29, 0.717) is 6.79 Å². The van der Waals surface area contributed by atoms with Gasteiger partial charge in [-0.15, -0.1) is 0 Å². The summed E-state index contributed by atoms with van der Waals surface area (Å²) in [6.07, 6.45) is 18.9. The SMILES string of the molecule is CCCCCCCCCOCOC1CCC[Si](CCCCCCC)(SC(=O)COc2ccccc2)N(C)CC1. The highest BCUT2D eigenvalue weighted by Crippen LogP contribution is 2.38. The Labute approximate surface area is 244 Å². The van der Waals surface area contributed by atoms with E-state index < -0.39 is 7.38 Å². The van der Waals surface area contributed by atoms with Crippen LogP contribution < -0.4 is 4.74 Å². The smallest absolute Gasteiger partial charge is 0.222 e. The molecule has 39 heavy (non-hydrogen) atoms. The molecule has 1 aliphatic heterocycles. The average molecular weight is 580 g/mol. The second-order valence-electron chi connectivity index (χ2n) is 11.2. The van der Waals surface area contributed by atoms with Gasteiger partial charge < -0.3 is 18.8 Å². The number of unbranched alkanes of at least 4 members (excludes halogenated alkanes) is 10. The standard InChI is InChI=1S/C32H57NO4SSi/c1-4-6-8-10-11-12-17-25-35-29-37-31-22-19-27-39(33(3)24-23-31,26-18-13-9-7-5-2)38-32(34)28-36-30-20-15-14-16-21-30/h14-16,20-21,31H,4-13,17-19,22-29H2,1-3H3. The van der Waals surface area contributed by atoms with Crippen LogP contribution in [-0.4, -0.2) is 56.8 Å². The molecule has 2 atom stereocenters. The summed E-state index contributed by atoms with van der Waals surface area (Å²) in [5.74, 6) is 0.766. The average Bonchev–Trinajstić information content (AvgIpc) is 2.94. The van der Waals surface area contributed by atoms with Gasteiger partial charge in [0.05, 0.1) is 6.10 Å². The minimum atomic E-state index is -1.99. The van der Waals surface area contributed by atoms with Crippen molar-refractivity contribution >= 4 is 23.7 Å². The number of ether oxygens (including phenoxy) is 3. The molecule has 0 saturated carbocycles. The summed E-state index contributed by atoms with van der Waals surface area (Å²) < 4.78 is 20.4. The Kier molecular flexibility index (Phi) is 19.2. The van der Waals surface area contributed by atoms with Crippen molar-refractivity contribution in [2.45, 2.75) is 128 Å². The second kappa shape index (κ2) is 21.8. The van der Waals surface area contributed by atoms with Crippen molar-refractivity contribution in [1.82, 2.24) is 4.57 Å². The van der Waals surface area contributed by atoms with Crippen molar-refractivity contribution in [3.05, 3.63) is 30.3 Å². The lowest BCUT2D eigenvalue weighted by Crippen LogP contribution is -2.52. The number of hydrogen-bond acceptors (Lipinski definition) is 6. The van der Waals surface area contributed by atoms with Crippen LogP contribution in [0.25, 0.3) is 0 Å². The Morgan fingerprint density at radius 1 is 0.923 bits per heavy atom. The van der Waals surface area contributed by atoms with Crippen molar-refractivity contribution in [2.24, 2.45) is 0 Å². The van der Waals surface area contributed by atoms with Gasteiger partial charge in [0.25, 0.3) is 0 Å². The van der Waals surface area contributed by atoms with Crippen LogP contribution in [0.1, 0.15) is 110 Å². The van der Waals surface area contributed by atoms with E-state index >= 15 is 0 Å². The highest BCUT2D eigenvalue weighted by atomic mass is 32.4. The predicted octanol–water partition coefficient (Wildman–Crippen LogP) is 8.96. The molecular weight excluding hydrogens is 523 g/mol. The lowest BCUT2D eigenvalue weighted by Gasteiger charge is -2.41. The van der Waals surface area contributed by atoms with Crippen LogP contribution in [0.2, 0.25) is 12.1 Å². The minimum Gasteiger partial charge on any atom is -0.485 e. The molecule has 5 nitrogen and oxygen atoms in total. The fraction of sp³-hybridized carbons (Fsp3) is 0.781. The maximum atomic E-state index is 13.2. The van der Waals surface area contributed by atoms with Gasteiger partial charge in [-0.3, -0.25) is 4.79 Å². The van der Waals surface area contributed by atoms with Crippen molar-refractivity contribution in [2.75, 3.05) is 33.6 Å². The van der Waals surface area contributed by atoms with Gasteiger partial charge >= 0.3 is 0 Å². The molecule has 1 fully saturated rings. The maximum Gasteiger partial charge on any atom is 0.222 e. The second-order valence-corrected chi connectivity index (χ2v) is 18.4. The van der Waals surface area contributed by atoms with Gasteiger partial charge in [0, 0.05) is 6.61 Å². The molecule has 0 aliphatic carbocycles. The molecule has 2 rings (SSSR count). The molecule has 0 aromatic heterocycles. The third kappa shape index (κ3) is 15.1. The van der Waals surface area contributed by atoms with Gasteiger partial charge in [0.15, 0.2) is 14.0 Å². The molecule has 1 saturated heterocycles. The van der Waals surface area contributed by atoms with Gasteiger partial charge in [-0.05, 0) is 57.1 Å². The van der Waals surface area contributed by atoms with Crippen molar-refractivity contribution in [1.29, 1.82) is 0 Å². The molecule has 1 aromatic rings. The molecule has 7 heteroatoms. The van der Waals surface area contributed by atoms with E-state index in [9.17, 15) is 4.79 Å². The van der Waals surface area contributed by atoms with Gasteiger partial charge in [0.1, 0.15) is 12.5 Å². The van der Waals surface area contributed by atoms with Crippen LogP contribution in [0.5, 0.6) is 5.75 Å². The maximum absolute atomic E-state index is 13.2. The van der Waals surface area contributed by atoms with Crippen LogP contribution in [0.3, 0.4) is 0 Å². The molecule has 0 amide bonds. The number of benzene rings is 1. The molecule has 0 bridgehead atoms. The Morgan fingerprint density at radius 3 is 2.31 bits per heavy atom. The molecule has 224 valence electrons. The molecule has 1 heterocycles. The third-order valence-electron chi connectivity index (χ3n) is 7.93. The lowest BCUT2D eigenvalue weighted by atomic mass is 10.1. The van der Waals surface area contributed by atoms with Crippen LogP contribution in [0.15, 0.2) is 30.3 Å². The monoisotopic (exact) mass is 579 g/mol.